The number of hydrogen-bond donors (Lipinski definition) is 0. The molecule has 20 aromatic carbocycles. The second-order valence-electron chi connectivity index (χ2n) is 34.0. The molecule has 0 saturated carbocycles. The largest absolute Gasteiger partial charge is 0.309 e. The standard InChI is InChI=1S/C46H30N4.C45H29N3.C33H20N4S/c1-3-15-31(16-4-1)40-30-41(32-17-5-2-6-18-32)48-46(47-40)33-27-34(49-42-23-11-7-19-36(42)37-20-8-12-24-43(37)49)29-35(28-33)50-44-25-13-9-21-38(44)39-22-10-14-26-45(39)50;1-3-13-30(14-4-1)43-46-44(31-15-5-2-6-16-31)48-45(47-43)36-20-12-19-34(28-36)32-17-11-18-33(27-32)35-25-26-41-39-23-8-7-21-37(39)38-22-9-10-24-40(38)42(41)29-35;1-3-11-21(12-4-1)31-34-32(22-13-5-2-6-14-22)36-33(35-31)37-27-17-9-7-15-23(27)25-19-20-26-24-16-8-10-18-28(24)38-30(26)29(25)37/h1-30H;1-29H;1-20H. The van der Waals surface area contributed by atoms with Crippen LogP contribution in [0.2, 0.25) is 0 Å². The Hall–Kier alpha value is -18.1. The predicted molar refractivity (Wildman–Crippen MR) is 564 cm³/mol. The first kappa shape index (κ1) is 80.0. The van der Waals surface area contributed by atoms with Gasteiger partial charge in [0, 0.05) is 104 Å². The van der Waals surface area contributed by atoms with E-state index in [1.54, 1.807) is 0 Å². The first-order valence-corrected chi connectivity index (χ1v) is 46.5. The smallest absolute Gasteiger partial charge is 0.238 e. The molecule has 0 spiro atoms. The highest BCUT2D eigenvalue weighted by molar-refractivity contribution is 7.26. The van der Waals surface area contributed by atoms with Crippen molar-refractivity contribution < 1.29 is 0 Å². The normalized spacial score (nSPS) is 11.5. The van der Waals surface area contributed by atoms with Gasteiger partial charge < -0.3 is 9.13 Å². The van der Waals surface area contributed by atoms with Crippen molar-refractivity contribution in [2.75, 3.05) is 0 Å². The second kappa shape index (κ2) is 34.3. The lowest BCUT2D eigenvalue weighted by Crippen LogP contribution is -2.06. The zero-order chi connectivity index (χ0) is 89.9. The molecule has 0 aliphatic heterocycles. The summed E-state index contributed by atoms with van der Waals surface area (Å²) in [7, 11) is 0. The third-order valence-corrected chi connectivity index (χ3v) is 27.1. The van der Waals surface area contributed by atoms with E-state index in [4.69, 9.17) is 39.9 Å². The van der Waals surface area contributed by atoms with Crippen LogP contribution < -0.4 is 0 Å². The number of thiophene rings is 1. The Morgan fingerprint density at radius 2 is 0.441 bits per heavy atom. The van der Waals surface area contributed by atoms with Crippen molar-refractivity contribution in [1.29, 1.82) is 0 Å². The number of nitrogens with zero attached hydrogens (tertiary/aromatic N) is 11. The fraction of sp³-hybridized carbons (Fsp3) is 0. The average molecular weight is 1760 g/mol. The van der Waals surface area contributed by atoms with Gasteiger partial charge >= 0.3 is 0 Å². The summed E-state index contributed by atoms with van der Waals surface area (Å²) in [5, 5.41) is 17.5. The summed E-state index contributed by atoms with van der Waals surface area (Å²) < 4.78 is 9.50. The summed E-state index contributed by atoms with van der Waals surface area (Å²) >= 11 is 1.82. The van der Waals surface area contributed by atoms with Crippen molar-refractivity contribution in [2.45, 2.75) is 0 Å². The van der Waals surface area contributed by atoms with Gasteiger partial charge in [-0.25, -0.2) is 29.9 Å². The summed E-state index contributed by atoms with van der Waals surface area (Å²) in [6.07, 6.45) is 0. The number of benzene rings is 20. The minimum absolute atomic E-state index is 0.619. The Bertz CT molecular complexity index is 8850. The topological polar surface area (TPSA) is 118 Å². The minimum atomic E-state index is 0.619. The van der Waals surface area contributed by atoms with E-state index in [1.807, 2.05) is 145 Å². The van der Waals surface area contributed by atoms with Gasteiger partial charge in [-0.1, -0.05) is 400 Å². The molecule has 0 radical (unpaired) electrons. The monoisotopic (exact) mass is 1750 g/mol. The minimum Gasteiger partial charge on any atom is -0.309 e. The number of fused-ring (bicyclic) bond motifs is 19. The van der Waals surface area contributed by atoms with Crippen molar-refractivity contribution in [3.05, 3.63) is 479 Å². The summed E-state index contributed by atoms with van der Waals surface area (Å²) in [5.74, 6) is 4.57. The van der Waals surface area contributed by atoms with Gasteiger partial charge in [-0.15, -0.1) is 11.3 Å². The quantitative estimate of drug-likeness (QED) is 0.105. The fourth-order valence-electron chi connectivity index (χ4n) is 19.6. The van der Waals surface area contributed by atoms with E-state index in [9.17, 15) is 0 Å². The van der Waals surface area contributed by atoms with Crippen LogP contribution in [0.3, 0.4) is 0 Å². The lowest BCUT2D eigenvalue weighted by Gasteiger charge is -2.16. The number of aromatic nitrogens is 11. The lowest BCUT2D eigenvalue weighted by molar-refractivity contribution is 0.955. The predicted octanol–water partition coefficient (Wildman–Crippen LogP) is 32.0. The molecule has 0 N–H and O–H groups in total. The van der Waals surface area contributed by atoms with Crippen LogP contribution >= 0.6 is 11.3 Å². The summed E-state index contributed by atoms with van der Waals surface area (Å²) in [6, 6.07) is 168. The molecule has 0 aliphatic rings. The summed E-state index contributed by atoms with van der Waals surface area (Å²) in [4.78, 5) is 40.4. The summed E-state index contributed by atoms with van der Waals surface area (Å²) in [5.41, 5.74) is 23.1. The molecule has 0 unspecified atom stereocenters. The highest BCUT2D eigenvalue weighted by Gasteiger charge is 2.25. The van der Waals surface area contributed by atoms with Gasteiger partial charge in [0.1, 0.15) is 0 Å². The van der Waals surface area contributed by atoms with E-state index < -0.39 is 0 Å². The fourth-order valence-corrected chi connectivity index (χ4v) is 20.8. The molecule has 7 heterocycles. The maximum atomic E-state index is 5.26. The molecule has 7 aromatic heterocycles. The van der Waals surface area contributed by atoms with Gasteiger partial charge in [0.05, 0.1) is 49.2 Å². The second-order valence-corrected chi connectivity index (χ2v) is 35.1. The highest BCUT2D eigenvalue weighted by Crippen LogP contribution is 2.46. The molecule has 0 aliphatic carbocycles. The van der Waals surface area contributed by atoms with Crippen LogP contribution in [-0.4, -0.2) is 53.6 Å². The van der Waals surface area contributed by atoms with Gasteiger partial charge in [0.2, 0.25) is 5.95 Å². The highest BCUT2D eigenvalue weighted by atomic mass is 32.1. The molecule has 0 atom stereocenters. The van der Waals surface area contributed by atoms with Crippen LogP contribution in [0, 0.1) is 0 Å². The summed E-state index contributed by atoms with van der Waals surface area (Å²) in [6.45, 7) is 0. The van der Waals surface area contributed by atoms with Crippen LogP contribution in [0.4, 0.5) is 0 Å². The van der Waals surface area contributed by atoms with E-state index in [2.05, 4.69) is 359 Å². The molecular weight excluding hydrogens is 1680 g/mol. The number of hydrogen-bond acceptors (Lipinski definition) is 9. The maximum Gasteiger partial charge on any atom is 0.238 e. The van der Waals surface area contributed by atoms with Crippen LogP contribution in [0.25, 0.3) is 248 Å². The molecule has 636 valence electrons. The van der Waals surface area contributed by atoms with E-state index in [-0.39, 0.29) is 0 Å². The first-order chi connectivity index (χ1) is 67.4. The van der Waals surface area contributed by atoms with Crippen LogP contribution in [0.15, 0.2) is 479 Å². The Balaban J connectivity index is 0.000000110. The number of para-hydroxylation sites is 5. The van der Waals surface area contributed by atoms with Crippen molar-refractivity contribution in [3.8, 4) is 130 Å². The molecule has 136 heavy (non-hydrogen) atoms. The van der Waals surface area contributed by atoms with Crippen LogP contribution in [-0.2, 0) is 0 Å². The Morgan fingerprint density at radius 1 is 0.154 bits per heavy atom. The van der Waals surface area contributed by atoms with Crippen LogP contribution in [0.5, 0.6) is 0 Å². The van der Waals surface area contributed by atoms with E-state index in [0.29, 0.717) is 40.9 Å². The third kappa shape index (κ3) is 14.6. The van der Waals surface area contributed by atoms with Crippen molar-refractivity contribution in [1.82, 2.24) is 53.6 Å². The van der Waals surface area contributed by atoms with Gasteiger partial charge in [-0.05, 0) is 133 Å². The zero-order valence-electron chi connectivity index (χ0n) is 73.4. The Kier molecular flexibility index (Phi) is 20.2. The zero-order valence-corrected chi connectivity index (χ0v) is 74.3. The SMILES string of the molecule is c1ccc(-c2cc(-c3ccccc3)nc(-c3cc(-n4c5ccccc5c5ccccc54)cc(-n4c5ccccc5c5ccccc54)c3)n2)cc1.c1ccc(-c2nc(-c3ccccc3)nc(-c3cccc(-c4cccc(-c5ccc6c7ccccc7c7ccccc7c6c5)c4)c3)n2)cc1.c1ccc(-c2nc(-c3ccccc3)nc(-n3c4ccccc4c4ccc5c6ccccc6sc5c43)n2)cc1. The maximum absolute atomic E-state index is 5.26. The number of rotatable bonds is 13. The van der Waals surface area contributed by atoms with Gasteiger partial charge in [-0.3, -0.25) is 4.57 Å². The molecular formula is C124H79N11S. The van der Waals surface area contributed by atoms with Crippen molar-refractivity contribution >= 4 is 129 Å². The van der Waals surface area contributed by atoms with Gasteiger partial charge in [0.15, 0.2) is 34.9 Å². The first-order valence-electron chi connectivity index (χ1n) is 45.7. The van der Waals surface area contributed by atoms with Gasteiger partial charge in [0.25, 0.3) is 0 Å². The molecule has 0 saturated heterocycles. The molecule has 0 bridgehead atoms. The average Bonchev–Trinajstić information content (AvgIpc) is 1.53. The molecule has 27 rings (SSSR count). The van der Waals surface area contributed by atoms with E-state index >= 15 is 0 Å². The third-order valence-electron chi connectivity index (χ3n) is 25.9. The Labute approximate surface area is 786 Å². The lowest BCUT2D eigenvalue weighted by atomic mass is 9.91. The van der Waals surface area contributed by atoms with Crippen LogP contribution in [0.1, 0.15) is 0 Å². The van der Waals surface area contributed by atoms with E-state index in [0.717, 1.165) is 111 Å². The van der Waals surface area contributed by atoms with Crippen molar-refractivity contribution in [2.24, 2.45) is 0 Å². The van der Waals surface area contributed by atoms with Crippen molar-refractivity contribution in [3.63, 3.8) is 0 Å². The molecule has 27 aromatic rings. The van der Waals surface area contributed by atoms with Gasteiger partial charge in [-0.2, -0.15) is 9.97 Å². The molecule has 12 heteroatoms. The molecule has 0 fully saturated rings. The molecule has 0 amide bonds. The molecule has 11 nitrogen and oxygen atoms in total. The Morgan fingerprint density at radius 3 is 0.868 bits per heavy atom. The van der Waals surface area contributed by atoms with E-state index in [1.165, 1.54) is 95.9 Å².